The van der Waals surface area contributed by atoms with E-state index < -0.39 is 17.9 Å². The van der Waals surface area contributed by atoms with Gasteiger partial charge in [0.25, 0.3) is 5.91 Å². The molecule has 3 N–H and O–H groups in total. The summed E-state index contributed by atoms with van der Waals surface area (Å²) in [7, 11) is 1.55. The molecule has 17 heavy (non-hydrogen) atoms. The van der Waals surface area contributed by atoms with Gasteiger partial charge < -0.3 is 15.7 Å². The Morgan fingerprint density at radius 1 is 1.47 bits per heavy atom. The molecule has 0 aliphatic heterocycles. The summed E-state index contributed by atoms with van der Waals surface area (Å²) in [5.41, 5.74) is -0.150. The van der Waals surface area contributed by atoms with Gasteiger partial charge in [-0.2, -0.15) is 5.26 Å². The van der Waals surface area contributed by atoms with Crippen LogP contribution in [0, 0.1) is 17.2 Å². The summed E-state index contributed by atoms with van der Waals surface area (Å²) in [6, 6.07) is 0.718. The number of aliphatic carboxylic acids is 1. The number of carbonyl (C=O) groups excluding carboxylic acids is 1. The molecule has 6 heteroatoms. The lowest BCUT2D eigenvalue weighted by Gasteiger charge is -2.15. The lowest BCUT2D eigenvalue weighted by Crippen LogP contribution is -2.42. The number of carboxylic acid groups (broad SMARTS) is 1. The van der Waals surface area contributed by atoms with Crippen LogP contribution in [0.5, 0.6) is 0 Å². The van der Waals surface area contributed by atoms with Gasteiger partial charge in [-0.3, -0.25) is 4.79 Å². The minimum absolute atomic E-state index is 0.134. The van der Waals surface area contributed by atoms with Crippen molar-refractivity contribution in [3.05, 3.63) is 11.8 Å². The number of carboxylic acids is 1. The normalized spacial score (nSPS) is 12.8. The molecule has 0 radical (unpaired) electrons. The number of amides is 1. The maximum Gasteiger partial charge on any atom is 0.326 e. The van der Waals surface area contributed by atoms with E-state index in [4.69, 9.17) is 10.4 Å². The molecule has 0 rings (SSSR count). The van der Waals surface area contributed by atoms with Crippen LogP contribution in [-0.2, 0) is 9.59 Å². The van der Waals surface area contributed by atoms with E-state index in [1.807, 2.05) is 13.8 Å². The molecule has 94 valence electrons. The molecule has 0 saturated carbocycles. The van der Waals surface area contributed by atoms with Crippen LogP contribution in [-0.4, -0.2) is 30.1 Å². The van der Waals surface area contributed by atoms with Crippen molar-refractivity contribution >= 4 is 11.9 Å². The topological polar surface area (TPSA) is 102 Å². The molecule has 0 fully saturated rings. The van der Waals surface area contributed by atoms with E-state index in [-0.39, 0.29) is 11.5 Å². The molecule has 0 aliphatic rings. The molecule has 0 bridgehead atoms. The Balaban J connectivity index is 4.67. The number of carbonyl (C=O) groups is 2. The highest BCUT2D eigenvalue weighted by Crippen LogP contribution is 2.05. The maximum atomic E-state index is 11.6. The van der Waals surface area contributed by atoms with Crippen molar-refractivity contribution in [2.45, 2.75) is 26.3 Å². The molecule has 1 atom stereocenters. The number of hydrogen-bond donors (Lipinski definition) is 3. The molecule has 0 aromatic carbocycles. The number of nitrogens with zero attached hydrogens (tertiary/aromatic N) is 1. The molecule has 6 nitrogen and oxygen atoms in total. The quantitative estimate of drug-likeness (QED) is 0.455. The van der Waals surface area contributed by atoms with E-state index in [1.54, 1.807) is 13.1 Å². The van der Waals surface area contributed by atoms with Gasteiger partial charge in [-0.15, -0.1) is 0 Å². The van der Waals surface area contributed by atoms with E-state index >= 15 is 0 Å². The summed E-state index contributed by atoms with van der Waals surface area (Å²) in [6.45, 7) is 3.72. The Hall–Kier alpha value is -2.03. The average Bonchev–Trinajstić information content (AvgIpc) is 2.23. The van der Waals surface area contributed by atoms with Crippen LogP contribution in [0.15, 0.2) is 11.8 Å². The van der Waals surface area contributed by atoms with Crippen molar-refractivity contribution in [3.63, 3.8) is 0 Å². The van der Waals surface area contributed by atoms with Crippen LogP contribution >= 0.6 is 0 Å². The fourth-order valence-corrected chi connectivity index (χ4v) is 1.22. The fourth-order valence-electron chi connectivity index (χ4n) is 1.22. The van der Waals surface area contributed by atoms with Gasteiger partial charge in [-0.05, 0) is 12.3 Å². The minimum Gasteiger partial charge on any atom is -0.480 e. The van der Waals surface area contributed by atoms with Gasteiger partial charge in [0.15, 0.2) is 0 Å². The standard InChI is InChI=1S/C11H17N3O3/c1-7(2)4-9(11(16)17)14-10(15)8(5-12)6-13-3/h6-7,9,13H,4H2,1-3H3,(H,14,15)(H,16,17)/b8-6-. The van der Waals surface area contributed by atoms with Gasteiger partial charge in [-0.25, -0.2) is 4.79 Å². The van der Waals surface area contributed by atoms with E-state index in [0.29, 0.717) is 6.42 Å². The molecule has 1 unspecified atom stereocenters. The van der Waals surface area contributed by atoms with Crippen molar-refractivity contribution in [3.8, 4) is 6.07 Å². The van der Waals surface area contributed by atoms with Gasteiger partial charge in [0.1, 0.15) is 17.7 Å². The molecule has 0 aromatic heterocycles. The molecule has 0 aromatic rings. The molecule has 1 amide bonds. The van der Waals surface area contributed by atoms with Gasteiger partial charge in [-0.1, -0.05) is 13.8 Å². The number of nitriles is 1. The van der Waals surface area contributed by atoms with Crippen LogP contribution in [0.4, 0.5) is 0 Å². The van der Waals surface area contributed by atoms with Crippen molar-refractivity contribution in [1.82, 2.24) is 10.6 Å². The zero-order chi connectivity index (χ0) is 13.4. The zero-order valence-corrected chi connectivity index (χ0v) is 10.2. The van der Waals surface area contributed by atoms with Crippen LogP contribution in [0.1, 0.15) is 20.3 Å². The summed E-state index contributed by atoms with van der Waals surface area (Å²) in [4.78, 5) is 22.5. The minimum atomic E-state index is -1.10. The zero-order valence-electron chi connectivity index (χ0n) is 10.2. The van der Waals surface area contributed by atoms with Crippen molar-refractivity contribution < 1.29 is 14.7 Å². The highest BCUT2D eigenvalue weighted by atomic mass is 16.4. The molecule has 0 spiro atoms. The van der Waals surface area contributed by atoms with Gasteiger partial charge in [0.2, 0.25) is 0 Å². The largest absolute Gasteiger partial charge is 0.480 e. The van der Waals surface area contributed by atoms with E-state index in [2.05, 4.69) is 10.6 Å². The van der Waals surface area contributed by atoms with E-state index in [9.17, 15) is 9.59 Å². The second kappa shape index (κ2) is 7.28. The summed E-state index contributed by atoms with van der Waals surface area (Å²) in [5.74, 6) is -1.65. The summed E-state index contributed by atoms with van der Waals surface area (Å²) in [6.07, 6.45) is 1.54. The predicted octanol–water partition coefficient (Wildman–Crippen LogP) is 0.229. The second-order valence-electron chi connectivity index (χ2n) is 3.95. The summed E-state index contributed by atoms with van der Waals surface area (Å²) < 4.78 is 0. The third kappa shape index (κ3) is 5.56. The Morgan fingerprint density at radius 2 is 2.06 bits per heavy atom. The highest BCUT2D eigenvalue weighted by Gasteiger charge is 2.22. The van der Waals surface area contributed by atoms with Gasteiger partial charge in [0, 0.05) is 13.2 Å². The van der Waals surface area contributed by atoms with Crippen LogP contribution in [0.2, 0.25) is 0 Å². The van der Waals surface area contributed by atoms with Crippen LogP contribution in [0.3, 0.4) is 0 Å². The highest BCUT2D eigenvalue weighted by molar-refractivity contribution is 5.99. The third-order valence-electron chi connectivity index (χ3n) is 1.96. The number of hydrogen-bond acceptors (Lipinski definition) is 4. The van der Waals surface area contributed by atoms with E-state index in [1.165, 1.54) is 6.20 Å². The Bertz CT molecular complexity index is 355. The molecular weight excluding hydrogens is 222 g/mol. The molecule has 0 heterocycles. The van der Waals surface area contributed by atoms with Crippen molar-refractivity contribution in [2.24, 2.45) is 5.92 Å². The third-order valence-corrected chi connectivity index (χ3v) is 1.96. The van der Waals surface area contributed by atoms with Crippen molar-refractivity contribution in [2.75, 3.05) is 7.05 Å². The fraction of sp³-hybridized carbons (Fsp3) is 0.545. The Morgan fingerprint density at radius 3 is 2.41 bits per heavy atom. The van der Waals surface area contributed by atoms with Gasteiger partial charge >= 0.3 is 5.97 Å². The predicted molar refractivity (Wildman–Crippen MR) is 61.8 cm³/mol. The first-order valence-electron chi connectivity index (χ1n) is 5.23. The second-order valence-corrected chi connectivity index (χ2v) is 3.95. The first kappa shape index (κ1) is 15.0. The molecular formula is C11H17N3O3. The monoisotopic (exact) mass is 239 g/mol. The lowest BCUT2D eigenvalue weighted by molar-refractivity contribution is -0.141. The molecule has 0 aliphatic carbocycles. The molecule has 0 saturated heterocycles. The first-order valence-corrected chi connectivity index (χ1v) is 5.23. The van der Waals surface area contributed by atoms with Crippen LogP contribution < -0.4 is 10.6 Å². The summed E-state index contributed by atoms with van der Waals surface area (Å²) >= 11 is 0. The van der Waals surface area contributed by atoms with Gasteiger partial charge in [0.05, 0.1) is 0 Å². The van der Waals surface area contributed by atoms with Crippen LogP contribution in [0.25, 0.3) is 0 Å². The first-order chi connectivity index (χ1) is 7.92. The Labute approximate surface area is 100 Å². The number of nitrogens with one attached hydrogen (secondary N) is 2. The van der Waals surface area contributed by atoms with Crippen molar-refractivity contribution in [1.29, 1.82) is 5.26 Å². The number of rotatable bonds is 6. The summed E-state index contributed by atoms with van der Waals surface area (Å²) in [5, 5.41) is 22.5. The smallest absolute Gasteiger partial charge is 0.326 e. The average molecular weight is 239 g/mol. The maximum absolute atomic E-state index is 11.6. The lowest BCUT2D eigenvalue weighted by atomic mass is 10.0. The Kier molecular flexibility index (Phi) is 6.41. The van der Waals surface area contributed by atoms with E-state index in [0.717, 1.165) is 0 Å². The SMILES string of the molecule is CN/C=C(/C#N)C(=O)NC(CC(C)C)C(=O)O.